The standard InChI is InChI=1S/C15H17ClFNS/c1-18-12(6-5-11-7-8-19-10-11)9-13-14(16)3-2-4-15(13)17/h2-4,7-8,10,12,18H,5-6,9H2,1H3. The van der Waals surface area contributed by atoms with Crippen LogP contribution in [0.15, 0.2) is 35.0 Å². The first-order chi connectivity index (χ1) is 9.20. The summed E-state index contributed by atoms with van der Waals surface area (Å²) >= 11 is 7.77. The van der Waals surface area contributed by atoms with Gasteiger partial charge in [-0.25, -0.2) is 4.39 Å². The predicted octanol–water partition coefficient (Wildman–Crippen LogP) is 4.30. The van der Waals surface area contributed by atoms with Gasteiger partial charge in [0.25, 0.3) is 0 Å². The molecule has 0 spiro atoms. The Morgan fingerprint density at radius 3 is 2.84 bits per heavy atom. The minimum absolute atomic E-state index is 0.219. The zero-order valence-electron chi connectivity index (χ0n) is 10.8. The number of halogens is 2. The Bertz CT molecular complexity index is 493. The summed E-state index contributed by atoms with van der Waals surface area (Å²) in [7, 11) is 1.91. The highest BCUT2D eigenvalue weighted by Gasteiger charge is 2.13. The Hall–Kier alpha value is -0.900. The fourth-order valence-electron chi connectivity index (χ4n) is 2.10. The molecule has 0 amide bonds. The van der Waals surface area contributed by atoms with Crippen molar-refractivity contribution in [3.05, 3.63) is 57.0 Å². The SMILES string of the molecule is CNC(CCc1ccsc1)Cc1c(F)cccc1Cl. The number of rotatable bonds is 6. The van der Waals surface area contributed by atoms with E-state index in [4.69, 9.17) is 11.6 Å². The fourth-order valence-corrected chi connectivity index (χ4v) is 3.04. The molecule has 0 aliphatic rings. The normalized spacial score (nSPS) is 12.6. The molecule has 1 nitrogen and oxygen atoms in total. The Labute approximate surface area is 122 Å². The van der Waals surface area contributed by atoms with E-state index in [1.54, 1.807) is 23.5 Å². The molecule has 1 atom stereocenters. The van der Waals surface area contributed by atoms with Gasteiger partial charge in [0.05, 0.1) is 0 Å². The molecule has 0 saturated carbocycles. The molecule has 1 N–H and O–H groups in total. The van der Waals surface area contributed by atoms with Gasteiger partial charge in [0, 0.05) is 16.6 Å². The highest BCUT2D eigenvalue weighted by Crippen LogP contribution is 2.21. The second kappa shape index (κ2) is 7.04. The summed E-state index contributed by atoms with van der Waals surface area (Å²) in [4.78, 5) is 0. The van der Waals surface area contributed by atoms with E-state index in [0.29, 0.717) is 17.0 Å². The van der Waals surface area contributed by atoms with Crippen LogP contribution in [0.2, 0.25) is 5.02 Å². The maximum Gasteiger partial charge on any atom is 0.127 e. The average Bonchev–Trinajstić information content (AvgIpc) is 2.91. The minimum Gasteiger partial charge on any atom is -0.317 e. The van der Waals surface area contributed by atoms with Gasteiger partial charge in [-0.2, -0.15) is 11.3 Å². The molecular formula is C15H17ClFNS. The van der Waals surface area contributed by atoms with Gasteiger partial charge in [-0.3, -0.25) is 0 Å². The van der Waals surface area contributed by atoms with Gasteiger partial charge in [0.1, 0.15) is 5.82 Å². The summed E-state index contributed by atoms with van der Waals surface area (Å²) in [5.41, 5.74) is 1.94. The van der Waals surface area contributed by atoms with Gasteiger partial charge in [-0.1, -0.05) is 17.7 Å². The smallest absolute Gasteiger partial charge is 0.127 e. The molecule has 1 aromatic carbocycles. The molecule has 102 valence electrons. The molecule has 0 fully saturated rings. The van der Waals surface area contributed by atoms with E-state index < -0.39 is 0 Å². The molecule has 0 aliphatic heterocycles. The Kier molecular flexibility index (Phi) is 5.37. The second-order valence-electron chi connectivity index (χ2n) is 4.56. The molecule has 2 aromatic rings. The summed E-state index contributed by atoms with van der Waals surface area (Å²) in [6, 6.07) is 7.21. The van der Waals surface area contributed by atoms with Crippen molar-refractivity contribution >= 4 is 22.9 Å². The summed E-state index contributed by atoms with van der Waals surface area (Å²) < 4.78 is 13.8. The van der Waals surface area contributed by atoms with Crippen molar-refractivity contribution in [2.24, 2.45) is 0 Å². The Balaban J connectivity index is 1.98. The van der Waals surface area contributed by atoms with Crippen molar-refractivity contribution < 1.29 is 4.39 Å². The van der Waals surface area contributed by atoms with Crippen molar-refractivity contribution in [1.82, 2.24) is 5.32 Å². The van der Waals surface area contributed by atoms with Gasteiger partial charge < -0.3 is 5.32 Å². The fraction of sp³-hybridized carbons (Fsp3) is 0.333. The number of hydrogen-bond acceptors (Lipinski definition) is 2. The lowest BCUT2D eigenvalue weighted by Gasteiger charge is -2.17. The molecule has 2 rings (SSSR count). The molecule has 1 aromatic heterocycles. The van der Waals surface area contributed by atoms with E-state index in [9.17, 15) is 4.39 Å². The van der Waals surface area contributed by atoms with Gasteiger partial charge in [-0.15, -0.1) is 0 Å². The van der Waals surface area contributed by atoms with Crippen molar-refractivity contribution in [3.8, 4) is 0 Å². The number of thiophene rings is 1. The summed E-state index contributed by atoms with van der Waals surface area (Å²) in [6.07, 6.45) is 2.59. The molecule has 19 heavy (non-hydrogen) atoms. The first-order valence-electron chi connectivity index (χ1n) is 6.32. The van der Waals surface area contributed by atoms with Crippen LogP contribution in [-0.2, 0) is 12.8 Å². The van der Waals surface area contributed by atoms with Crippen LogP contribution in [0.5, 0.6) is 0 Å². The molecule has 0 radical (unpaired) electrons. The first kappa shape index (κ1) is 14.5. The van der Waals surface area contributed by atoms with Crippen LogP contribution in [0.4, 0.5) is 4.39 Å². The summed E-state index contributed by atoms with van der Waals surface area (Å²) in [6.45, 7) is 0. The molecule has 0 bridgehead atoms. The summed E-state index contributed by atoms with van der Waals surface area (Å²) in [5.74, 6) is -0.219. The second-order valence-corrected chi connectivity index (χ2v) is 5.75. The van der Waals surface area contributed by atoms with E-state index in [1.165, 1.54) is 11.6 Å². The molecule has 1 heterocycles. The molecule has 0 aliphatic carbocycles. The van der Waals surface area contributed by atoms with Crippen LogP contribution in [0.3, 0.4) is 0 Å². The van der Waals surface area contributed by atoms with Crippen molar-refractivity contribution in [3.63, 3.8) is 0 Å². The average molecular weight is 298 g/mol. The number of likely N-dealkylation sites (N-methyl/N-ethyl adjacent to an activating group) is 1. The topological polar surface area (TPSA) is 12.0 Å². The van der Waals surface area contributed by atoms with Crippen molar-refractivity contribution in [1.29, 1.82) is 0 Å². The molecule has 0 saturated heterocycles. The lowest BCUT2D eigenvalue weighted by molar-refractivity contribution is 0.505. The summed E-state index contributed by atoms with van der Waals surface area (Å²) in [5, 5.41) is 7.99. The highest BCUT2D eigenvalue weighted by atomic mass is 35.5. The van der Waals surface area contributed by atoms with Crippen LogP contribution in [-0.4, -0.2) is 13.1 Å². The maximum atomic E-state index is 13.8. The highest BCUT2D eigenvalue weighted by molar-refractivity contribution is 7.07. The molecule has 4 heteroatoms. The zero-order valence-corrected chi connectivity index (χ0v) is 12.4. The van der Waals surface area contributed by atoms with Crippen molar-refractivity contribution in [2.45, 2.75) is 25.3 Å². The Morgan fingerprint density at radius 2 is 2.21 bits per heavy atom. The number of aryl methyl sites for hydroxylation is 1. The largest absolute Gasteiger partial charge is 0.317 e. The molecule has 1 unspecified atom stereocenters. The van der Waals surface area contributed by atoms with E-state index in [1.807, 2.05) is 7.05 Å². The van der Waals surface area contributed by atoms with Gasteiger partial charge in [0.15, 0.2) is 0 Å². The van der Waals surface area contributed by atoms with Gasteiger partial charge in [0.2, 0.25) is 0 Å². The third kappa shape index (κ3) is 4.03. The third-order valence-corrected chi connectivity index (χ3v) is 4.37. The van der Waals surface area contributed by atoms with E-state index in [2.05, 4.69) is 22.1 Å². The van der Waals surface area contributed by atoms with E-state index in [-0.39, 0.29) is 11.9 Å². The number of benzene rings is 1. The van der Waals surface area contributed by atoms with Crippen LogP contribution in [0, 0.1) is 5.82 Å². The lowest BCUT2D eigenvalue weighted by Crippen LogP contribution is -2.28. The predicted molar refractivity (Wildman–Crippen MR) is 80.6 cm³/mol. The number of nitrogens with one attached hydrogen (secondary N) is 1. The minimum atomic E-state index is -0.219. The van der Waals surface area contributed by atoms with Crippen LogP contribution in [0.25, 0.3) is 0 Å². The van der Waals surface area contributed by atoms with Gasteiger partial charge >= 0.3 is 0 Å². The zero-order chi connectivity index (χ0) is 13.7. The van der Waals surface area contributed by atoms with Gasteiger partial charge in [-0.05, 0) is 60.8 Å². The van der Waals surface area contributed by atoms with Crippen LogP contribution < -0.4 is 5.32 Å². The monoisotopic (exact) mass is 297 g/mol. The lowest BCUT2D eigenvalue weighted by atomic mass is 10.00. The van der Waals surface area contributed by atoms with E-state index in [0.717, 1.165) is 12.8 Å². The van der Waals surface area contributed by atoms with Crippen LogP contribution in [0.1, 0.15) is 17.5 Å². The maximum absolute atomic E-state index is 13.8. The third-order valence-electron chi connectivity index (χ3n) is 3.28. The molecular weight excluding hydrogens is 281 g/mol. The van der Waals surface area contributed by atoms with Crippen LogP contribution >= 0.6 is 22.9 Å². The van der Waals surface area contributed by atoms with Crippen molar-refractivity contribution in [2.75, 3.05) is 7.05 Å². The Morgan fingerprint density at radius 1 is 1.37 bits per heavy atom. The number of hydrogen-bond donors (Lipinski definition) is 1. The first-order valence-corrected chi connectivity index (χ1v) is 7.64. The van der Waals surface area contributed by atoms with E-state index >= 15 is 0 Å². The quantitative estimate of drug-likeness (QED) is 0.838.